The molecule has 1 aromatic carbocycles. The lowest BCUT2D eigenvalue weighted by Crippen LogP contribution is -2.56. The zero-order chi connectivity index (χ0) is 19.3. The van der Waals surface area contributed by atoms with Gasteiger partial charge in [-0.05, 0) is 57.2 Å². The number of benzene rings is 1. The van der Waals surface area contributed by atoms with E-state index in [1.54, 1.807) is 14.0 Å². The van der Waals surface area contributed by atoms with E-state index in [0.29, 0.717) is 12.8 Å². The molecular formula is C21H30O5. The maximum Gasteiger partial charge on any atom is 0.353 e. The number of hydrogen-bond donors (Lipinski definition) is 0. The summed E-state index contributed by atoms with van der Waals surface area (Å²) >= 11 is 0. The second-order valence-corrected chi connectivity index (χ2v) is 7.11. The standard InChI is InChI=1S/C21H30O5/c1-6-25-20(23)21(10-8-7-9-18(21)24-5)26-19(22)13-17-15(3)11-14(2)12-16(17)4/h11-12,18H,6-10,13H2,1-5H3. The quantitative estimate of drug-likeness (QED) is 0.724. The molecule has 5 nitrogen and oxygen atoms in total. The van der Waals surface area contributed by atoms with Crippen LogP contribution in [0.25, 0.3) is 0 Å². The largest absolute Gasteiger partial charge is 0.463 e. The summed E-state index contributed by atoms with van der Waals surface area (Å²) in [6.07, 6.45) is 2.50. The molecule has 1 aliphatic carbocycles. The smallest absolute Gasteiger partial charge is 0.353 e. The summed E-state index contributed by atoms with van der Waals surface area (Å²) < 4.78 is 16.5. The molecule has 0 bridgehead atoms. The van der Waals surface area contributed by atoms with Crippen LogP contribution in [-0.4, -0.2) is 37.4 Å². The third-order valence-electron chi connectivity index (χ3n) is 5.15. The summed E-state index contributed by atoms with van der Waals surface area (Å²) in [5.74, 6) is -0.922. The van der Waals surface area contributed by atoms with E-state index in [9.17, 15) is 9.59 Å². The van der Waals surface area contributed by atoms with Gasteiger partial charge in [0, 0.05) is 13.5 Å². The third-order valence-corrected chi connectivity index (χ3v) is 5.15. The Bertz CT molecular complexity index is 643. The third kappa shape index (κ3) is 4.26. The zero-order valence-electron chi connectivity index (χ0n) is 16.5. The van der Waals surface area contributed by atoms with Gasteiger partial charge in [0.1, 0.15) is 6.10 Å². The van der Waals surface area contributed by atoms with Gasteiger partial charge in [-0.3, -0.25) is 4.79 Å². The van der Waals surface area contributed by atoms with Crippen molar-refractivity contribution in [3.05, 3.63) is 34.4 Å². The van der Waals surface area contributed by atoms with E-state index >= 15 is 0 Å². The van der Waals surface area contributed by atoms with Gasteiger partial charge in [0.05, 0.1) is 13.0 Å². The van der Waals surface area contributed by atoms with Crippen molar-refractivity contribution in [2.45, 2.75) is 71.5 Å². The Morgan fingerprint density at radius 2 is 1.81 bits per heavy atom. The molecule has 0 N–H and O–H groups in total. The highest BCUT2D eigenvalue weighted by atomic mass is 16.6. The molecule has 2 atom stereocenters. The number of esters is 2. The zero-order valence-corrected chi connectivity index (χ0v) is 16.5. The van der Waals surface area contributed by atoms with Crippen molar-refractivity contribution in [1.29, 1.82) is 0 Å². The Labute approximate surface area is 156 Å². The molecule has 0 spiro atoms. The predicted octanol–water partition coefficient (Wildman–Crippen LogP) is 3.59. The average molecular weight is 362 g/mol. The van der Waals surface area contributed by atoms with Crippen molar-refractivity contribution >= 4 is 11.9 Å². The molecule has 0 radical (unpaired) electrons. The second kappa shape index (κ2) is 8.67. The first-order valence-electron chi connectivity index (χ1n) is 9.32. The fourth-order valence-corrected chi connectivity index (χ4v) is 3.94. The van der Waals surface area contributed by atoms with Crippen molar-refractivity contribution in [3.63, 3.8) is 0 Å². The van der Waals surface area contributed by atoms with Gasteiger partial charge in [0.2, 0.25) is 5.60 Å². The maximum atomic E-state index is 12.8. The topological polar surface area (TPSA) is 61.8 Å². The SMILES string of the molecule is CCOC(=O)C1(OC(=O)Cc2c(C)cc(C)cc2C)CCCCC1OC. The molecule has 2 rings (SSSR count). The molecule has 1 aliphatic rings. The van der Waals surface area contributed by atoms with Crippen LogP contribution in [0.4, 0.5) is 0 Å². The number of carbonyl (C=O) groups excluding carboxylic acids is 2. The van der Waals surface area contributed by atoms with Crippen molar-refractivity contribution in [2.24, 2.45) is 0 Å². The highest BCUT2D eigenvalue weighted by Gasteiger charge is 2.52. The van der Waals surface area contributed by atoms with Gasteiger partial charge in [0.15, 0.2) is 0 Å². The van der Waals surface area contributed by atoms with Crippen LogP contribution in [0, 0.1) is 20.8 Å². The van der Waals surface area contributed by atoms with Crippen LogP contribution in [0.3, 0.4) is 0 Å². The fraction of sp³-hybridized carbons (Fsp3) is 0.619. The number of rotatable bonds is 6. The molecule has 0 saturated heterocycles. The molecule has 0 aliphatic heterocycles. The monoisotopic (exact) mass is 362 g/mol. The number of methoxy groups -OCH3 is 1. The predicted molar refractivity (Wildman–Crippen MR) is 99.1 cm³/mol. The highest BCUT2D eigenvalue weighted by molar-refractivity contribution is 5.85. The minimum absolute atomic E-state index is 0.134. The summed E-state index contributed by atoms with van der Waals surface area (Å²) in [6, 6.07) is 4.10. The first-order chi connectivity index (χ1) is 12.3. The normalized spacial score (nSPS) is 22.7. The number of carbonyl (C=O) groups is 2. The van der Waals surface area contributed by atoms with Gasteiger partial charge >= 0.3 is 11.9 Å². The highest BCUT2D eigenvalue weighted by Crippen LogP contribution is 2.36. The summed E-state index contributed by atoms with van der Waals surface area (Å²) in [5.41, 5.74) is 2.87. The minimum atomic E-state index is -1.34. The second-order valence-electron chi connectivity index (χ2n) is 7.11. The lowest BCUT2D eigenvalue weighted by Gasteiger charge is -2.40. The minimum Gasteiger partial charge on any atom is -0.463 e. The lowest BCUT2D eigenvalue weighted by atomic mass is 9.81. The van der Waals surface area contributed by atoms with Crippen LogP contribution < -0.4 is 0 Å². The van der Waals surface area contributed by atoms with E-state index in [1.165, 1.54) is 0 Å². The Morgan fingerprint density at radius 3 is 2.38 bits per heavy atom. The molecule has 144 valence electrons. The van der Waals surface area contributed by atoms with E-state index in [4.69, 9.17) is 14.2 Å². The van der Waals surface area contributed by atoms with E-state index < -0.39 is 23.6 Å². The number of ether oxygens (including phenoxy) is 3. The summed E-state index contributed by atoms with van der Waals surface area (Å²) in [5, 5.41) is 0. The van der Waals surface area contributed by atoms with E-state index in [-0.39, 0.29) is 13.0 Å². The first-order valence-corrected chi connectivity index (χ1v) is 9.32. The fourth-order valence-electron chi connectivity index (χ4n) is 3.94. The van der Waals surface area contributed by atoms with Crippen molar-refractivity contribution in [1.82, 2.24) is 0 Å². The summed E-state index contributed by atoms with van der Waals surface area (Å²) in [7, 11) is 1.55. The van der Waals surface area contributed by atoms with Crippen molar-refractivity contribution in [3.8, 4) is 0 Å². The van der Waals surface area contributed by atoms with E-state index in [2.05, 4.69) is 12.1 Å². The first kappa shape index (κ1) is 20.4. The van der Waals surface area contributed by atoms with Gasteiger partial charge in [-0.25, -0.2) is 4.79 Å². The van der Waals surface area contributed by atoms with Crippen LogP contribution in [0.1, 0.15) is 54.9 Å². The summed E-state index contributed by atoms with van der Waals surface area (Å²) in [6.45, 7) is 8.00. The molecule has 1 aromatic rings. The van der Waals surface area contributed by atoms with Gasteiger partial charge in [0.25, 0.3) is 0 Å². The van der Waals surface area contributed by atoms with Crippen molar-refractivity contribution < 1.29 is 23.8 Å². The van der Waals surface area contributed by atoms with Gasteiger partial charge in [-0.1, -0.05) is 24.1 Å². The van der Waals surface area contributed by atoms with E-state index in [1.807, 2.05) is 20.8 Å². The molecule has 0 amide bonds. The molecule has 1 fully saturated rings. The number of aryl methyl sites for hydroxylation is 3. The Balaban J connectivity index is 2.25. The molecule has 2 unspecified atom stereocenters. The molecule has 5 heteroatoms. The molecule has 0 aromatic heterocycles. The molecule has 0 heterocycles. The lowest BCUT2D eigenvalue weighted by molar-refractivity contribution is -0.204. The molecular weight excluding hydrogens is 332 g/mol. The van der Waals surface area contributed by atoms with Gasteiger partial charge in [-0.2, -0.15) is 0 Å². The maximum absolute atomic E-state index is 12.8. The summed E-state index contributed by atoms with van der Waals surface area (Å²) in [4.78, 5) is 25.4. The van der Waals surface area contributed by atoms with Crippen LogP contribution in [0.2, 0.25) is 0 Å². The number of hydrogen-bond acceptors (Lipinski definition) is 5. The van der Waals surface area contributed by atoms with Gasteiger partial charge in [-0.15, -0.1) is 0 Å². The molecule has 1 saturated carbocycles. The van der Waals surface area contributed by atoms with Crippen LogP contribution in [-0.2, 0) is 30.2 Å². The Hall–Kier alpha value is -1.88. The van der Waals surface area contributed by atoms with Crippen LogP contribution in [0.5, 0.6) is 0 Å². The van der Waals surface area contributed by atoms with Crippen LogP contribution in [0.15, 0.2) is 12.1 Å². The van der Waals surface area contributed by atoms with Gasteiger partial charge < -0.3 is 14.2 Å². The van der Waals surface area contributed by atoms with Crippen LogP contribution >= 0.6 is 0 Å². The average Bonchev–Trinajstić information content (AvgIpc) is 2.58. The molecule has 26 heavy (non-hydrogen) atoms. The Kier molecular flexibility index (Phi) is 6.81. The van der Waals surface area contributed by atoms with E-state index in [0.717, 1.165) is 35.1 Å². The van der Waals surface area contributed by atoms with Crippen molar-refractivity contribution in [2.75, 3.05) is 13.7 Å². The Morgan fingerprint density at radius 1 is 1.15 bits per heavy atom.